The standard InChI is InChI=1S/C17H24N4O/c1-12(2)9-14(10-18)20-17(22)16-11-19-21(13(16)3)15-7-5-4-6-8-15/h4-8,11-12,14H,9-10,18H2,1-3H3,(H,20,22). The number of amides is 1. The van der Waals surface area contributed by atoms with Crippen molar-refractivity contribution in [1.29, 1.82) is 0 Å². The molecule has 0 bridgehead atoms. The zero-order valence-corrected chi connectivity index (χ0v) is 13.4. The third kappa shape index (κ3) is 3.74. The normalized spacial score (nSPS) is 12.4. The molecule has 0 aliphatic rings. The van der Waals surface area contributed by atoms with E-state index in [1.54, 1.807) is 10.9 Å². The number of benzene rings is 1. The second-order valence-electron chi connectivity index (χ2n) is 5.93. The minimum absolute atomic E-state index is 0.00743. The van der Waals surface area contributed by atoms with Crippen molar-refractivity contribution < 1.29 is 4.79 Å². The van der Waals surface area contributed by atoms with Crippen LogP contribution in [-0.4, -0.2) is 28.3 Å². The Morgan fingerprint density at radius 1 is 1.32 bits per heavy atom. The number of hydrogen-bond donors (Lipinski definition) is 2. The molecule has 0 radical (unpaired) electrons. The van der Waals surface area contributed by atoms with Gasteiger partial charge in [0, 0.05) is 12.6 Å². The van der Waals surface area contributed by atoms with Gasteiger partial charge in [-0.05, 0) is 31.4 Å². The minimum atomic E-state index is -0.115. The molecule has 2 rings (SSSR count). The van der Waals surface area contributed by atoms with E-state index in [-0.39, 0.29) is 11.9 Å². The summed E-state index contributed by atoms with van der Waals surface area (Å²) in [6.45, 7) is 6.57. The lowest BCUT2D eigenvalue weighted by atomic mass is 10.0. The lowest BCUT2D eigenvalue weighted by Gasteiger charge is -2.18. The van der Waals surface area contributed by atoms with Gasteiger partial charge in [0.1, 0.15) is 0 Å². The maximum Gasteiger partial charge on any atom is 0.255 e. The van der Waals surface area contributed by atoms with Crippen molar-refractivity contribution >= 4 is 5.91 Å². The number of carbonyl (C=O) groups excluding carboxylic acids is 1. The largest absolute Gasteiger partial charge is 0.348 e. The average molecular weight is 300 g/mol. The van der Waals surface area contributed by atoms with Gasteiger partial charge >= 0.3 is 0 Å². The molecule has 2 aromatic rings. The third-order valence-corrected chi connectivity index (χ3v) is 3.63. The zero-order valence-electron chi connectivity index (χ0n) is 13.4. The van der Waals surface area contributed by atoms with Crippen LogP contribution in [0.3, 0.4) is 0 Å². The van der Waals surface area contributed by atoms with Crippen LogP contribution in [0, 0.1) is 12.8 Å². The van der Waals surface area contributed by atoms with E-state index in [2.05, 4.69) is 24.3 Å². The van der Waals surface area contributed by atoms with E-state index in [0.29, 0.717) is 18.0 Å². The number of rotatable bonds is 6. The molecule has 0 aliphatic carbocycles. The number of nitrogens with zero attached hydrogens (tertiary/aromatic N) is 2. The van der Waals surface area contributed by atoms with E-state index < -0.39 is 0 Å². The summed E-state index contributed by atoms with van der Waals surface area (Å²) in [4.78, 5) is 12.4. The van der Waals surface area contributed by atoms with Crippen LogP contribution in [0.15, 0.2) is 36.5 Å². The maximum atomic E-state index is 12.4. The van der Waals surface area contributed by atoms with Gasteiger partial charge in [-0.25, -0.2) is 4.68 Å². The molecule has 0 aliphatic heterocycles. The van der Waals surface area contributed by atoms with Crippen molar-refractivity contribution in [2.75, 3.05) is 6.54 Å². The number of hydrogen-bond acceptors (Lipinski definition) is 3. The second kappa shape index (κ2) is 7.22. The number of nitrogens with one attached hydrogen (secondary N) is 1. The highest BCUT2D eigenvalue weighted by Gasteiger charge is 2.18. The van der Waals surface area contributed by atoms with Crippen molar-refractivity contribution in [3.63, 3.8) is 0 Å². The Kier molecular flexibility index (Phi) is 5.33. The summed E-state index contributed by atoms with van der Waals surface area (Å²) in [5.74, 6) is 0.373. The van der Waals surface area contributed by atoms with Crippen LogP contribution in [0.1, 0.15) is 36.3 Å². The lowest BCUT2D eigenvalue weighted by molar-refractivity contribution is 0.0933. The molecule has 0 fully saturated rings. The predicted octanol–water partition coefficient (Wildman–Crippen LogP) is 2.28. The van der Waals surface area contributed by atoms with Crippen molar-refractivity contribution in [2.24, 2.45) is 11.7 Å². The van der Waals surface area contributed by atoms with E-state index in [9.17, 15) is 4.79 Å². The van der Waals surface area contributed by atoms with Gasteiger partial charge in [0.25, 0.3) is 5.91 Å². The van der Waals surface area contributed by atoms with Gasteiger partial charge in [-0.1, -0.05) is 32.0 Å². The Hall–Kier alpha value is -2.14. The number of carbonyl (C=O) groups is 1. The van der Waals surface area contributed by atoms with Gasteiger partial charge in [0.05, 0.1) is 23.1 Å². The molecular formula is C17H24N4O. The molecule has 0 saturated heterocycles. The molecule has 5 nitrogen and oxygen atoms in total. The first-order valence-corrected chi connectivity index (χ1v) is 7.64. The van der Waals surface area contributed by atoms with Crippen LogP contribution in [-0.2, 0) is 0 Å². The fraction of sp³-hybridized carbons (Fsp3) is 0.412. The van der Waals surface area contributed by atoms with Gasteiger partial charge in [-0.15, -0.1) is 0 Å². The molecule has 1 aromatic carbocycles. The Balaban J connectivity index is 2.16. The van der Waals surface area contributed by atoms with Gasteiger partial charge < -0.3 is 11.1 Å². The summed E-state index contributed by atoms with van der Waals surface area (Å²) in [6.07, 6.45) is 2.48. The van der Waals surface area contributed by atoms with Crippen molar-refractivity contribution in [3.8, 4) is 5.69 Å². The molecule has 1 aromatic heterocycles. The second-order valence-corrected chi connectivity index (χ2v) is 5.93. The SMILES string of the molecule is Cc1c(C(=O)NC(CN)CC(C)C)cnn1-c1ccccc1. The smallest absolute Gasteiger partial charge is 0.255 e. The minimum Gasteiger partial charge on any atom is -0.348 e. The quantitative estimate of drug-likeness (QED) is 0.859. The first kappa shape index (κ1) is 16.2. The summed E-state index contributed by atoms with van der Waals surface area (Å²) in [7, 11) is 0. The average Bonchev–Trinajstić information content (AvgIpc) is 2.88. The van der Waals surface area contributed by atoms with Gasteiger partial charge in [0.2, 0.25) is 0 Å². The van der Waals surface area contributed by atoms with Crippen molar-refractivity contribution in [2.45, 2.75) is 33.2 Å². The molecule has 1 unspecified atom stereocenters. The maximum absolute atomic E-state index is 12.4. The van der Waals surface area contributed by atoms with Crippen LogP contribution < -0.4 is 11.1 Å². The van der Waals surface area contributed by atoms with E-state index in [4.69, 9.17) is 5.73 Å². The molecule has 118 valence electrons. The van der Waals surface area contributed by atoms with Crippen LogP contribution in [0.5, 0.6) is 0 Å². The summed E-state index contributed by atoms with van der Waals surface area (Å²) >= 11 is 0. The first-order valence-electron chi connectivity index (χ1n) is 7.64. The molecule has 1 atom stereocenters. The molecule has 5 heteroatoms. The zero-order chi connectivity index (χ0) is 16.1. The fourth-order valence-electron chi connectivity index (χ4n) is 2.51. The summed E-state index contributed by atoms with van der Waals surface area (Å²) in [5, 5.41) is 7.33. The summed E-state index contributed by atoms with van der Waals surface area (Å²) in [6, 6.07) is 9.76. The lowest BCUT2D eigenvalue weighted by Crippen LogP contribution is -2.41. The molecule has 3 N–H and O–H groups in total. The van der Waals surface area contributed by atoms with E-state index >= 15 is 0 Å². The Bertz CT molecular complexity index is 619. The van der Waals surface area contributed by atoms with Crippen molar-refractivity contribution in [3.05, 3.63) is 47.8 Å². The van der Waals surface area contributed by atoms with E-state index in [0.717, 1.165) is 17.8 Å². The summed E-state index contributed by atoms with van der Waals surface area (Å²) in [5.41, 5.74) is 8.10. The van der Waals surface area contributed by atoms with E-state index in [1.165, 1.54) is 0 Å². The molecule has 1 heterocycles. The number of aromatic nitrogens is 2. The Morgan fingerprint density at radius 3 is 2.59 bits per heavy atom. The first-order chi connectivity index (χ1) is 10.5. The summed E-state index contributed by atoms with van der Waals surface area (Å²) < 4.78 is 1.77. The molecule has 1 amide bonds. The molecule has 0 spiro atoms. The highest BCUT2D eigenvalue weighted by molar-refractivity contribution is 5.95. The molecular weight excluding hydrogens is 276 g/mol. The number of para-hydroxylation sites is 1. The van der Waals surface area contributed by atoms with Crippen LogP contribution in [0.4, 0.5) is 0 Å². The Labute approximate surface area is 131 Å². The topological polar surface area (TPSA) is 72.9 Å². The van der Waals surface area contributed by atoms with Gasteiger partial charge in [-0.2, -0.15) is 5.10 Å². The Morgan fingerprint density at radius 2 is 2.00 bits per heavy atom. The monoisotopic (exact) mass is 300 g/mol. The van der Waals surface area contributed by atoms with Crippen LogP contribution in [0.25, 0.3) is 5.69 Å². The fourth-order valence-corrected chi connectivity index (χ4v) is 2.51. The highest BCUT2D eigenvalue weighted by Crippen LogP contribution is 2.14. The molecule has 0 saturated carbocycles. The van der Waals surface area contributed by atoms with Crippen LogP contribution in [0.2, 0.25) is 0 Å². The van der Waals surface area contributed by atoms with Crippen LogP contribution >= 0.6 is 0 Å². The molecule has 22 heavy (non-hydrogen) atoms. The van der Waals surface area contributed by atoms with Crippen molar-refractivity contribution in [1.82, 2.24) is 15.1 Å². The number of nitrogens with two attached hydrogens (primary N) is 1. The van der Waals surface area contributed by atoms with Gasteiger partial charge in [-0.3, -0.25) is 4.79 Å². The predicted molar refractivity (Wildman–Crippen MR) is 88.1 cm³/mol. The highest BCUT2D eigenvalue weighted by atomic mass is 16.1. The van der Waals surface area contributed by atoms with E-state index in [1.807, 2.05) is 37.3 Å². The third-order valence-electron chi connectivity index (χ3n) is 3.63. The van der Waals surface area contributed by atoms with Gasteiger partial charge in [0.15, 0.2) is 0 Å².